The fourth-order valence-electron chi connectivity index (χ4n) is 1.96. The van der Waals surface area contributed by atoms with E-state index < -0.39 is 12.5 Å². The number of anilines is 1. The number of para-hydroxylation sites is 1. The van der Waals surface area contributed by atoms with E-state index in [9.17, 15) is 13.6 Å². The first kappa shape index (κ1) is 17.6. The number of hydrazine groups is 1. The molecule has 0 aliphatic rings. The van der Waals surface area contributed by atoms with Crippen LogP contribution in [0.5, 0.6) is 5.75 Å². The van der Waals surface area contributed by atoms with E-state index in [0.29, 0.717) is 5.69 Å². The Balaban J connectivity index is 2.26. The molecule has 3 N–H and O–H groups in total. The molecule has 0 saturated carbocycles. The van der Waals surface area contributed by atoms with Gasteiger partial charge in [-0.3, -0.25) is 10.2 Å². The third-order valence-corrected chi connectivity index (χ3v) is 3.26. The zero-order chi connectivity index (χ0) is 17.7. The number of carbonyl (C=O) groups excluding carboxylic acids is 1. The van der Waals surface area contributed by atoms with E-state index in [2.05, 4.69) is 10.2 Å². The molecule has 0 fully saturated rings. The minimum Gasteiger partial charge on any atom is -0.434 e. The molecule has 0 spiro atoms. The lowest BCUT2D eigenvalue weighted by Crippen LogP contribution is -2.49. The molecule has 0 aromatic heterocycles. The summed E-state index contributed by atoms with van der Waals surface area (Å²) in [6.07, 6.45) is 0. The second-order valence-electron chi connectivity index (χ2n) is 4.82. The van der Waals surface area contributed by atoms with Crippen LogP contribution >= 0.6 is 12.2 Å². The summed E-state index contributed by atoms with van der Waals surface area (Å²) < 4.78 is 29.3. The zero-order valence-corrected chi connectivity index (χ0v) is 13.5. The van der Waals surface area contributed by atoms with Crippen molar-refractivity contribution in [1.29, 1.82) is 0 Å². The second kappa shape index (κ2) is 7.69. The molecule has 0 saturated heterocycles. The van der Waals surface area contributed by atoms with Crippen molar-refractivity contribution in [3.8, 4) is 5.75 Å². The summed E-state index contributed by atoms with van der Waals surface area (Å²) in [7, 11) is 0. The third kappa shape index (κ3) is 4.39. The maximum absolute atomic E-state index is 12.5. The van der Waals surface area contributed by atoms with Crippen LogP contribution in [-0.4, -0.2) is 17.6 Å². The molecule has 0 unspecified atom stereocenters. The van der Waals surface area contributed by atoms with Crippen LogP contribution in [0.1, 0.15) is 15.9 Å². The largest absolute Gasteiger partial charge is 0.434 e. The Kier molecular flexibility index (Phi) is 5.64. The number of halogens is 2. The van der Waals surface area contributed by atoms with Gasteiger partial charge in [-0.25, -0.2) is 5.01 Å². The molecule has 0 bridgehead atoms. The molecule has 2 aromatic rings. The van der Waals surface area contributed by atoms with Gasteiger partial charge in [0.25, 0.3) is 5.91 Å². The van der Waals surface area contributed by atoms with Crippen LogP contribution in [0.2, 0.25) is 0 Å². The average Bonchev–Trinajstić information content (AvgIpc) is 2.53. The number of nitrogens with one attached hydrogen (secondary N) is 1. The van der Waals surface area contributed by atoms with Crippen LogP contribution in [-0.2, 0) is 0 Å². The van der Waals surface area contributed by atoms with Gasteiger partial charge in [0.2, 0.25) is 0 Å². The lowest BCUT2D eigenvalue weighted by Gasteiger charge is -2.24. The standard InChI is InChI=1S/C16H15F2N3O2S/c1-10-6-8-11(9-7-10)21(16(19)24)20-14(22)12-4-2-3-5-13(12)23-15(17)18/h2-9,15H,1H3,(H2,19,24)(H,20,22). The number of alkyl halides is 2. The Bertz CT molecular complexity index is 738. The number of amides is 1. The van der Waals surface area contributed by atoms with Crippen LogP contribution in [0.25, 0.3) is 0 Å². The number of ether oxygens (including phenoxy) is 1. The van der Waals surface area contributed by atoms with Gasteiger partial charge in [0.05, 0.1) is 11.3 Å². The Morgan fingerprint density at radius 3 is 2.42 bits per heavy atom. The monoisotopic (exact) mass is 351 g/mol. The number of hydrogen-bond donors (Lipinski definition) is 2. The Hall–Kier alpha value is -2.74. The van der Waals surface area contributed by atoms with Crippen molar-refractivity contribution in [2.75, 3.05) is 5.01 Å². The van der Waals surface area contributed by atoms with Gasteiger partial charge in [0, 0.05) is 0 Å². The first-order valence-electron chi connectivity index (χ1n) is 6.89. The van der Waals surface area contributed by atoms with E-state index in [1.54, 1.807) is 12.1 Å². The summed E-state index contributed by atoms with van der Waals surface area (Å²) in [5.41, 5.74) is 9.62. The molecule has 2 aromatic carbocycles. The molecular formula is C16H15F2N3O2S. The highest BCUT2D eigenvalue weighted by Gasteiger charge is 2.19. The van der Waals surface area contributed by atoms with E-state index in [-0.39, 0.29) is 16.4 Å². The molecule has 2 rings (SSSR count). The lowest BCUT2D eigenvalue weighted by molar-refractivity contribution is -0.0501. The van der Waals surface area contributed by atoms with Gasteiger partial charge in [0.15, 0.2) is 5.11 Å². The van der Waals surface area contributed by atoms with E-state index in [1.165, 1.54) is 29.3 Å². The maximum atomic E-state index is 12.5. The second-order valence-corrected chi connectivity index (χ2v) is 5.24. The number of benzene rings is 2. The maximum Gasteiger partial charge on any atom is 0.387 e. The van der Waals surface area contributed by atoms with Gasteiger partial charge in [-0.2, -0.15) is 8.78 Å². The highest BCUT2D eigenvalue weighted by molar-refractivity contribution is 7.80. The van der Waals surface area contributed by atoms with Crippen LogP contribution in [0.3, 0.4) is 0 Å². The average molecular weight is 351 g/mol. The smallest absolute Gasteiger partial charge is 0.387 e. The molecule has 0 aliphatic carbocycles. The van der Waals surface area contributed by atoms with E-state index in [4.69, 9.17) is 18.0 Å². The predicted octanol–water partition coefficient (Wildman–Crippen LogP) is 2.99. The molecule has 8 heteroatoms. The number of carbonyl (C=O) groups is 1. The summed E-state index contributed by atoms with van der Waals surface area (Å²) in [6.45, 7) is -1.13. The van der Waals surface area contributed by atoms with Crippen LogP contribution in [0.15, 0.2) is 48.5 Å². The molecule has 0 radical (unpaired) electrons. The van der Waals surface area contributed by atoms with Crippen LogP contribution < -0.4 is 20.9 Å². The molecule has 0 heterocycles. The quantitative estimate of drug-likeness (QED) is 0.655. The van der Waals surface area contributed by atoms with E-state index >= 15 is 0 Å². The van der Waals surface area contributed by atoms with Crippen LogP contribution in [0, 0.1) is 6.92 Å². The Morgan fingerprint density at radius 1 is 1.21 bits per heavy atom. The fourth-order valence-corrected chi connectivity index (χ4v) is 2.11. The topological polar surface area (TPSA) is 67.6 Å². The SMILES string of the molecule is Cc1ccc(N(NC(=O)c2ccccc2OC(F)F)C(N)=S)cc1. The van der Waals surface area contributed by atoms with Gasteiger partial charge in [-0.1, -0.05) is 29.8 Å². The van der Waals surface area contributed by atoms with E-state index in [0.717, 1.165) is 5.56 Å². The molecular weight excluding hydrogens is 336 g/mol. The zero-order valence-electron chi connectivity index (χ0n) is 12.7. The van der Waals surface area contributed by atoms with Crippen molar-refractivity contribution in [2.45, 2.75) is 13.5 Å². The minimum absolute atomic E-state index is 0.0637. The third-order valence-electron chi connectivity index (χ3n) is 3.07. The van der Waals surface area contributed by atoms with Crippen molar-refractivity contribution in [1.82, 2.24) is 5.43 Å². The molecule has 5 nitrogen and oxygen atoms in total. The highest BCUT2D eigenvalue weighted by atomic mass is 32.1. The van der Waals surface area contributed by atoms with Crippen molar-refractivity contribution in [3.05, 3.63) is 59.7 Å². The highest BCUT2D eigenvalue weighted by Crippen LogP contribution is 2.21. The minimum atomic E-state index is -3.04. The Morgan fingerprint density at radius 2 is 1.83 bits per heavy atom. The fraction of sp³-hybridized carbons (Fsp3) is 0.125. The number of rotatable bonds is 4. The van der Waals surface area contributed by atoms with Gasteiger partial charge in [-0.15, -0.1) is 0 Å². The molecule has 24 heavy (non-hydrogen) atoms. The van der Waals surface area contributed by atoms with Gasteiger partial charge in [-0.05, 0) is 43.4 Å². The normalized spacial score (nSPS) is 10.3. The van der Waals surface area contributed by atoms with Gasteiger partial charge >= 0.3 is 6.61 Å². The van der Waals surface area contributed by atoms with E-state index in [1.807, 2.05) is 19.1 Å². The molecule has 1 amide bonds. The molecule has 126 valence electrons. The number of hydrogen-bond acceptors (Lipinski definition) is 3. The first-order valence-corrected chi connectivity index (χ1v) is 7.30. The number of thiocarbonyl (C=S) groups is 1. The summed E-state index contributed by atoms with van der Waals surface area (Å²) in [5, 5.41) is 1.09. The van der Waals surface area contributed by atoms with Gasteiger partial charge < -0.3 is 10.5 Å². The number of nitrogens with zero attached hydrogens (tertiary/aromatic N) is 1. The summed E-state index contributed by atoms with van der Waals surface area (Å²) >= 11 is 4.94. The van der Waals surface area contributed by atoms with Crippen molar-refractivity contribution in [3.63, 3.8) is 0 Å². The van der Waals surface area contributed by atoms with Crippen molar-refractivity contribution in [2.24, 2.45) is 5.73 Å². The first-order chi connectivity index (χ1) is 11.4. The number of aryl methyl sites for hydroxylation is 1. The molecule has 0 aliphatic heterocycles. The van der Waals surface area contributed by atoms with Crippen molar-refractivity contribution >= 4 is 28.9 Å². The predicted molar refractivity (Wildman–Crippen MR) is 91.0 cm³/mol. The molecule has 0 atom stereocenters. The number of nitrogens with two attached hydrogens (primary N) is 1. The van der Waals surface area contributed by atoms with Gasteiger partial charge in [0.1, 0.15) is 5.75 Å². The summed E-state index contributed by atoms with van der Waals surface area (Å²) in [5.74, 6) is -0.920. The summed E-state index contributed by atoms with van der Waals surface area (Å²) in [4.78, 5) is 12.4. The van der Waals surface area contributed by atoms with Crippen molar-refractivity contribution < 1.29 is 18.3 Å². The van der Waals surface area contributed by atoms with Crippen LogP contribution in [0.4, 0.5) is 14.5 Å². The summed E-state index contributed by atoms with van der Waals surface area (Å²) in [6, 6.07) is 12.7. The Labute approximate surface area is 143 Å². The lowest BCUT2D eigenvalue weighted by atomic mass is 10.2.